The van der Waals surface area contributed by atoms with Crippen molar-refractivity contribution in [3.05, 3.63) is 22.3 Å². The summed E-state index contributed by atoms with van der Waals surface area (Å²) in [5.74, 6) is 0.593. The number of amides is 2. The number of likely N-dealkylation sites (N-methyl/N-ethyl adjacent to an activating group) is 2. The maximum absolute atomic E-state index is 12.4. The molecule has 25 heavy (non-hydrogen) atoms. The summed E-state index contributed by atoms with van der Waals surface area (Å²) in [6.07, 6.45) is 0.258. The van der Waals surface area contributed by atoms with E-state index in [2.05, 4.69) is 10.2 Å². The summed E-state index contributed by atoms with van der Waals surface area (Å²) >= 11 is 6.83. The van der Waals surface area contributed by atoms with Gasteiger partial charge in [0, 0.05) is 33.1 Å². The fraction of sp³-hybridized carbons (Fsp3) is 0.500. The van der Waals surface area contributed by atoms with E-state index in [1.807, 2.05) is 35.9 Å². The zero-order valence-electron chi connectivity index (χ0n) is 14.7. The molecule has 0 spiro atoms. The van der Waals surface area contributed by atoms with Gasteiger partial charge in [0.05, 0.1) is 11.4 Å². The Bertz CT molecular complexity index is 762. The van der Waals surface area contributed by atoms with E-state index in [-0.39, 0.29) is 24.8 Å². The van der Waals surface area contributed by atoms with Crippen LogP contribution in [-0.2, 0) is 16.1 Å². The largest absolute Gasteiger partial charge is 0.342 e. The van der Waals surface area contributed by atoms with Gasteiger partial charge in [-0.15, -0.1) is 11.3 Å². The number of carbonyl (C=O) groups is 2. The molecule has 2 aromatic rings. The molecule has 0 atom stereocenters. The van der Waals surface area contributed by atoms with Crippen molar-refractivity contribution in [1.82, 2.24) is 24.6 Å². The third kappa shape index (κ3) is 4.76. The summed E-state index contributed by atoms with van der Waals surface area (Å²) in [6, 6.07) is 3.91. The standard InChI is InChI=1S/C16H23N5O2S2/c1-4-20(5-2)14(23)11-19(3)13(22)8-9-21-15(17-18-16(21)24)12-7-6-10-25-12/h6-7,10H,4-5,8-9,11H2,1-3H3,(H,18,24). The van der Waals surface area contributed by atoms with Crippen LogP contribution in [0.5, 0.6) is 0 Å². The summed E-state index contributed by atoms with van der Waals surface area (Å²) in [4.78, 5) is 28.6. The zero-order valence-corrected chi connectivity index (χ0v) is 16.3. The van der Waals surface area contributed by atoms with E-state index >= 15 is 0 Å². The maximum atomic E-state index is 12.4. The first-order valence-electron chi connectivity index (χ1n) is 8.18. The van der Waals surface area contributed by atoms with Crippen molar-refractivity contribution in [2.45, 2.75) is 26.8 Å². The van der Waals surface area contributed by atoms with E-state index in [0.717, 1.165) is 10.7 Å². The van der Waals surface area contributed by atoms with Crippen LogP contribution < -0.4 is 0 Å². The third-order valence-electron chi connectivity index (χ3n) is 3.96. The lowest BCUT2D eigenvalue weighted by molar-refractivity contribution is -0.139. The van der Waals surface area contributed by atoms with Crippen LogP contribution in [0.3, 0.4) is 0 Å². The molecule has 2 amide bonds. The Labute approximate surface area is 156 Å². The van der Waals surface area contributed by atoms with Crippen LogP contribution in [0.4, 0.5) is 0 Å². The number of hydrogen-bond donors (Lipinski definition) is 1. The number of nitrogens with one attached hydrogen (secondary N) is 1. The predicted molar refractivity (Wildman–Crippen MR) is 101 cm³/mol. The van der Waals surface area contributed by atoms with Crippen LogP contribution >= 0.6 is 23.6 Å². The highest BCUT2D eigenvalue weighted by Crippen LogP contribution is 2.22. The molecule has 0 unspecified atom stereocenters. The summed E-state index contributed by atoms with van der Waals surface area (Å²) in [5.41, 5.74) is 0. The third-order valence-corrected chi connectivity index (χ3v) is 5.14. The predicted octanol–water partition coefficient (Wildman–Crippen LogP) is 2.39. The van der Waals surface area contributed by atoms with Crippen molar-refractivity contribution in [3.8, 4) is 10.7 Å². The van der Waals surface area contributed by atoms with Crippen molar-refractivity contribution < 1.29 is 9.59 Å². The molecule has 0 saturated heterocycles. The van der Waals surface area contributed by atoms with Gasteiger partial charge in [-0.25, -0.2) is 0 Å². The number of carbonyl (C=O) groups excluding carboxylic acids is 2. The molecule has 9 heteroatoms. The maximum Gasteiger partial charge on any atom is 0.242 e. The molecule has 0 aliphatic heterocycles. The minimum atomic E-state index is -0.0965. The first-order chi connectivity index (χ1) is 12.0. The van der Waals surface area contributed by atoms with Crippen LogP contribution in [0.1, 0.15) is 20.3 Å². The molecule has 0 radical (unpaired) electrons. The summed E-state index contributed by atoms with van der Waals surface area (Å²) in [6.45, 7) is 5.66. The average molecular weight is 382 g/mol. The molecule has 2 aromatic heterocycles. The lowest BCUT2D eigenvalue weighted by Crippen LogP contribution is -2.41. The van der Waals surface area contributed by atoms with Crippen molar-refractivity contribution in [3.63, 3.8) is 0 Å². The Morgan fingerprint density at radius 1 is 1.32 bits per heavy atom. The highest BCUT2D eigenvalue weighted by atomic mass is 32.1. The van der Waals surface area contributed by atoms with Gasteiger partial charge in [0.15, 0.2) is 10.6 Å². The Morgan fingerprint density at radius 3 is 2.64 bits per heavy atom. The number of aromatic nitrogens is 3. The number of thiophene rings is 1. The molecule has 1 N–H and O–H groups in total. The van der Waals surface area contributed by atoms with Gasteiger partial charge < -0.3 is 9.80 Å². The number of nitrogens with zero attached hydrogens (tertiary/aromatic N) is 4. The number of rotatable bonds is 8. The first-order valence-corrected chi connectivity index (χ1v) is 9.47. The highest BCUT2D eigenvalue weighted by molar-refractivity contribution is 7.71. The molecule has 2 rings (SSSR count). The summed E-state index contributed by atoms with van der Waals surface area (Å²) < 4.78 is 2.30. The summed E-state index contributed by atoms with van der Waals surface area (Å²) in [5, 5.41) is 8.99. The van der Waals surface area contributed by atoms with Crippen LogP contribution in [0.25, 0.3) is 10.7 Å². The fourth-order valence-electron chi connectivity index (χ4n) is 2.48. The molecule has 0 saturated carbocycles. The quantitative estimate of drug-likeness (QED) is 0.713. The molecular formula is C16H23N5O2S2. The number of hydrogen-bond acceptors (Lipinski definition) is 5. The Kier molecular flexibility index (Phi) is 6.89. The zero-order chi connectivity index (χ0) is 18.4. The molecule has 0 fully saturated rings. The van der Waals surface area contributed by atoms with E-state index in [1.165, 1.54) is 4.90 Å². The SMILES string of the molecule is CCN(CC)C(=O)CN(C)C(=O)CCn1c(-c2cccs2)n[nH]c1=S. The van der Waals surface area contributed by atoms with Crippen molar-refractivity contribution in [1.29, 1.82) is 0 Å². The van der Waals surface area contributed by atoms with Crippen molar-refractivity contribution >= 4 is 35.4 Å². The molecule has 2 heterocycles. The Morgan fingerprint density at radius 2 is 2.04 bits per heavy atom. The van der Waals surface area contributed by atoms with Gasteiger partial charge in [-0.05, 0) is 37.5 Å². The molecule has 0 aliphatic carbocycles. The topological polar surface area (TPSA) is 74.2 Å². The Hall–Kier alpha value is -2.00. The van der Waals surface area contributed by atoms with E-state index < -0.39 is 0 Å². The van der Waals surface area contributed by atoms with Crippen LogP contribution in [0, 0.1) is 4.77 Å². The first kappa shape index (κ1) is 19.3. The van der Waals surface area contributed by atoms with Gasteiger partial charge in [-0.2, -0.15) is 5.10 Å². The van der Waals surface area contributed by atoms with Crippen molar-refractivity contribution in [2.24, 2.45) is 0 Å². The van der Waals surface area contributed by atoms with E-state index in [4.69, 9.17) is 12.2 Å². The van der Waals surface area contributed by atoms with Crippen LogP contribution in [0.2, 0.25) is 0 Å². The minimum Gasteiger partial charge on any atom is -0.342 e. The van der Waals surface area contributed by atoms with Crippen molar-refractivity contribution in [2.75, 3.05) is 26.7 Å². The lowest BCUT2D eigenvalue weighted by atomic mass is 10.3. The lowest BCUT2D eigenvalue weighted by Gasteiger charge is -2.23. The van der Waals surface area contributed by atoms with E-state index in [9.17, 15) is 9.59 Å². The normalized spacial score (nSPS) is 10.7. The van der Waals surface area contributed by atoms with Gasteiger partial charge in [0.25, 0.3) is 0 Å². The minimum absolute atomic E-state index is 0.0416. The molecular weight excluding hydrogens is 358 g/mol. The fourth-order valence-corrected chi connectivity index (χ4v) is 3.43. The van der Waals surface area contributed by atoms with Gasteiger partial charge in [0.1, 0.15) is 0 Å². The van der Waals surface area contributed by atoms with E-state index in [1.54, 1.807) is 23.3 Å². The number of H-pyrrole nitrogens is 1. The monoisotopic (exact) mass is 381 g/mol. The Balaban J connectivity index is 1.97. The van der Waals surface area contributed by atoms with Crippen LogP contribution in [0.15, 0.2) is 17.5 Å². The molecule has 0 aromatic carbocycles. The van der Waals surface area contributed by atoms with Gasteiger partial charge in [-0.1, -0.05) is 6.07 Å². The van der Waals surface area contributed by atoms with E-state index in [0.29, 0.717) is 24.4 Å². The molecule has 7 nitrogen and oxygen atoms in total. The second kappa shape index (κ2) is 8.91. The van der Waals surface area contributed by atoms with Crippen LogP contribution in [-0.4, -0.2) is 63.1 Å². The average Bonchev–Trinajstić information content (AvgIpc) is 3.23. The molecule has 0 bridgehead atoms. The molecule has 0 aliphatic rings. The smallest absolute Gasteiger partial charge is 0.242 e. The number of aromatic amines is 1. The van der Waals surface area contributed by atoms with Gasteiger partial charge in [0.2, 0.25) is 11.8 Å². The second-order valence-corrected chi connectivity index (χ2v) is 6.88. The highest BCUT2D eigenvalue weighted by Gasteiger charge is 2.17. The molecule has 136 valence electrons. The van der Waals surface area contributed by atoms with Gasteiger partial charge in [-0.3, -0.25) is 19.3 Å². The second-order valence-electron chi connectivity index (χ2n) is 5.55. The van der Waals surface area contributed by atoms with Gasteiger partial charge >= 0.3 is 0 Å². The summed E-state index contributed by atoms with van der Waals surface area (Å²) in [7, 11) is 1.65.